The Kier molecular flexibility index (Phi) is 2.95. The summed E-state index contributed by atoms with van der Waals surface area (Å²) in [4.78, 5) is 10.7. The summed E-state index contributed by atoms with van der Waals surface area (Å²) in [7, 11) is 0. The van der Waals surface area contributed by atoms with Gasteiger partial charge in [0.2, 0.25) is 0 Å². The summed E-state index contributed by atoms with van der Waals surface area (Å²) in [5.41, 5.74) is 3.30. The monoisotopic (exact) mass is 242 g/mol. The van der Waals surface area contributed by atoms with Crippen molar-refractivity contribution >= 4 is 17.6 Å². The van der Waals surface area contributed by atoms with Gasteiger partial charge in [-0.1, -0.05) is 11.6 Å². The molecule has 5 heteroatoms. The van der Waals surface area contributed by atoms with Crippen LogP contribution < -0.4 is 5.32 Å². The van der Waals surface area contributed by atoms with Crippen molar-refractivity contribution in [3.63, 3.8) is 0 Å². The van der Waals surface area contributed by atoms with E-state index in [1.165, 1.54) is 5.69 Å². The normalized spacial score (nSPS) is 19.6. The molecule has 1 aliphatic rings. The first-order chi connectivity index (χ1) is 7.50. The number of carbonyl (C=O) groups is 1. The molecule has 0 spiro atoms. The quantitative estimate of drug-likeness (QED) is 0.830. The average molecular weight is 243 g/mol. The number of rotatable bonds is 2. The molecule has 0 aromatic carbocycles. The number of carboxylic acid groups (broad SMARTS) is 1. The van der Waals surface area contributed by atoms with E-state index >= 15 is 0 Å². The molecule has 2 N–H and O–H groups in total. The van der Waals surface area contributed by atoms with Crippen LogP contribution in [-0.2, 0) is 17.9 Å². The van der Waals surface area contributed by atoms with E-state index in [0.29, 0.717) is 13.1 Å². The number of nitrogens with zero attached hydrogens (tertiary/aromatic N) is 1. The van der Waals surface area contributed by atoms with Crippen LogP contribution in [0.5, 0.6) is 0 Å². The predicted molar refractivity (Wildman–Crippen MR) is 61.8 cm³/mol. The van der Waals surface area contributed by atoms with Gasteiger partial charge in [0.1, 0.15) is 0 Å². The molecule has 1 unspecified atom stereocenters. The largest absolute Gasteiger partial charge is 0.481 e. The maximum atomic E-state index is 10.7. The van der Waals surface area contributed by atoms with Gasteiger partial charge in [-0.3, -0.25) is 4.79 Å². The van der Waals surface area contributed by atoms with Crippen LogP contribution in [0.15, 0.2) is 0 Å². The van der Waals surface area contributed by atoms with Gasteiger partial charge in [-0.15, -0.1) is 0 Å². The van der Waals surface area contributed by atoms with Crippen molar-refractivity contribution in [2.75, 3.05) is 0 Å². The SMILES string of the molecule is Cc1c(Cl)c(C)n2c1CNC(CC(=O)O)C2. The van der Waals surface area contributed by atoms with Gasteiger partial charge in [0.05, 0.1) is 11.4 Å². The minimum absolute atomic E-state index is 0.00781. The first-order valence-electron chi connectivity index (χ1n) is 5.30. The number of nitrogens with one attached hydrogen (secondary N) is 1. The van der Waals surface area contributed by atoms with Gasteiger partial charge in [-0.05, 0) is 19.4 Å². The van der Waals surface area contributed by atoms with Crippen LogP contribution in [0.4, 0.5) is 0 Å². The molecule has 0 aliphatic carbocycles. The Bertz CT molecular complexity index is 440. The van der Waals surface area contributed by atoms with Crippen LogP contribution in [-0.4, -0.2) is 21.7 Å². The molecule has 1 aromatic heterocycles. The maximum absolute atomic E-state index is 10.7. The van der Waals surface area contributed by atoms with E-state index in [1.807, 2.05) is 13.8 Å². The van der Waals surface area contributed by atoms with Crippen molar-refractivity contribution in [2.45, 2.75) is 39.4 Å². The fourth-order valence-corrected chi connectivity index (χ4v) is 2.48. The molecule has 1 aromatic rings. The van der Waals surface area contributed by atoms with E-state index in [9.17, 15) is 4.79 Å². The van der Waals surface area contributed by atoms with Crippen LogP contribution in [0.1, 0.15) is 23.4 Å². The van der Waals surface area contributed by atoms with Crippen LogP contribution in [0.3, 0.4) is 0 Å². The summed E-state index contributed by atoms with van der Waals surface area (Å²) in [6.07, 6.45) is 0.147. The lowest BCUT2D eigenvalue weighted by molar-refractivity contribution is -0.137. The van der Waals surface area contributed by atoms with Gasteiger partial charge in [-0.25, -0.2) is 0 Å². The second-order valence-corrected chi connectivity index (χ2v) is 4.64. The number of hydrogen-bond donors (Lipinski definition) is 2. The predicted octanol–water partition coefficient (Wildman–Crippen LogP) is 1.70. The van der Waals surface area contributed by atoms with E-state index < -0.39 is 5.97 Å². The second kappa shape index (κ2) is 4.11. The van der Waals surface area contributed by atoms with Crippen LogP contribution in [0, 0.1) is 13.8 Å². The van der Waals surface area contributed by atoms with E-state index in [4.69, 9.17) is 16.7 Å². The minimum Gasteiger partial charge on any atom is -0.481 e. The van der Waals surface area contributed by atoms with Crippen molar-refractivity contribution in [3.8, 4) is 0 Å². The van der Waals surface area contributed by atoms with Crippen LogP contribution in [0.25, 0.3) is 0 Å². The zero-order valence-electron chi connectivity index (χ0n) is 9.38. The van der Waals surface area contributed by atoms with Crippen molar-refractivity contribution < 1.29 is 9.90 Å². The van der Waals surface area contributed by atoms with E-state index in [0.717, 1.165) is 16.3 Å². The highest BCUT2D eigenvalue weighted by molar-refractivity contribution is 6.32. The molecule has 2 heterocycles. The molecule has 4 nitrogen and oxygen atoms in total. The highest BCUT2D eigenvalue weighted by atomic mass is 35.5. The summed E-state index contributed by atoms with van der Waals surface area (Å²) in [5, 5.41) is 12.8. The first kappa shape index (κ1) is 11.5. The third-order valence-corrected chi connectivity index (χ3v) is 3.75. The fraction of sp³-hybridized carbons (Fsp3) is 0.545. The molecule has 0 radical (unpaired) electrons. The van der Waals surface area contributed by atoms with Gasteiger partial charge in [0.15, 0.2) is 0 Å². The number of aliphatic carboxylic acids is 1. The van der Waals surface area contributed by atoms with E-state index in [-0.39, 0.29) is 12.5 Å². The van der Waals surface area contributed by atoms with Gasteiger partial charge < -0.3 is 15.0 Å². The van der Waals surface area contributed by atoms with E-state index in [2.05, 4.69) is 9.88 Å². The Hall–Kier alpha value is -1.00. The lowest BCUT2D eigenvalue weighted by Gasteiger charge is -2.26. The van der Waals surface area contributed by atoms with Crippen molar-refractivity contribution in [1.29, 1.82) is 0 Å². The topological polar surface area (TPSA) is 54.3 Å². The second-order valence-electron chi connectivity index (χ2n) is 4.26. The first-order valence-corrected chi connectivity index (χ1v) is 5.67. The Morgan fingerprint density at radius 2 is 2.31 bits per heavy atom. The van der Waals surface area contributed by atoms with Gasteiger partial charge >= 0.3 is 5.97 Å². The van der Waals surface area contributed by atoms with Crippen molar-refractivity contribution in [3.05, 3.63) is 22.0 Å². The zero-order valence-corrected chi connectivity index (χ0v) is 10.1. The molecule has 0 fully saturated rings. The number of carboxylic acids is 1. The summed E-state index contributed by atoms with van der Waals surface area (Å²) in [6, 6.07) is -0.00781. The number of halogens is 1. The van der Waals surface area contributed by atoms with Gasteiger partial charge in [0, 0.05) is 30.5 Å². The molecule has 0 amide bonds. The highest BCUT2D eigenvalue weighted by Crippen LogP contribution is 2.29. The molecule has 88 valence electrons. The smallest absolute Gasteiger partial charge is 0.304 e. The van der Waals surface area contributed by atoms with Crippen LogP contribution in [0.2, 0.25) is 5.02 Å². The maximum Gasteiger partial charge on any atom is 0.304 e. The summed E-state index contributed by atoms with van der Waals surface area (Å²) < 4.78 is 2.13. The van der Waals surface area contributed by atoms with Crippen molar-refractivity contribution in [1.82, 2.24) is 9.88 Å². The lowest BCUT2D eigenvalue weighted by atomic mass is 10.1. The number of aromatic nitrogens is 1. The molecule has 1 aliphatic heterocycles. The van der Waals surface area contributed by atoms with E-state index in [1.54, 1.807) is 0 Å². The highest BCUT2D eigenvalue weighted by Gasteiger charge is 2.24. The third-order valence-electron chi connectivity index (χ3n) is 3.19. The summed E-state index contributed by atoms with van der Waals surface area (Å²) in [6.45, 7) is 5.35. The molecule has 1 atom stereocenters. The Labute approximate surface area is 99.2 Å². The summed E-state index contributed by atoms with van der Waals surface area (Å²) >= 11 is 6.18. The number of fused-ring (bicyclic) bond motifs is 1. The van der Waals surface area contributed by atoms with Crippen molar-refractivity contribution in [2.24, 2.45) is 0 Å². The Balaban J connectivity index is 2.27. The van der Waals surface area contributed by atoms with Gasteiger partial charge in [0.25, 0.3) is 0 Å². The molecule has 2 rings (SSSR count). The zero-order chi connectivity index (χ0) is 11.9. The summed E-state index contributed by atoms with van der Waals surface area (Å²) in [5.74, 6) is -0.770. The average Bonchev–Trinajstić information content (AvgIpc) is 2.43. The molecule has 0 bridgehead atoms. The standard InChI is InChI=1S/C11H15ClN2O2/c1-6-9-4-13-8(3-10(15)16)5-14(9)7(2)11(6)12/h8,13H,3-5H2,1-2H3,(H,15,16). The molecular weight excluding hydrogens is 228 g/mol. The van der Waals surface area contributed by atoms with Gasteiger partial charge in [-0.2, -0.15) is 0 Å². The lowest BCUT2D eigenvalue weighted by Crippen LogP contribution is -2.40. The van der Waals surface area contributed by atoms with Crippen LogP contribution >= 0.6 is 11.6 Å². The molecule has 16 heavy (non-hydrogen) atoms. The molecule has 0 saturated carbocycles. The molecule has 0 saturated heterocycles. The third kappa shape index (κ3) is 1.83. The Morgan fingerprint density at radius 1 is 1.62 bits per heavy atom. The Morgan fingerprint density at radius 3 is 2.94 bits per heavy atom. The number of hydrogen-bond acceptors (Lipinski definition) is 2. The molecular formula is C11H15ClN2O2. The minimum atomic E-state index is -0.770. The fourth-order valence-electron chi connectivity index (χ4n) is 2.27.